The highest BCUT2D eigenvalue weighted by Crippen LogP contribution is 2.33. The fourth-order valence-corrected chi connectivity index (χ4v) is 4.11. The van der Waals surface area contributed by atoms with E-state index in [1.54, 1.807) is 18.4 Å². The van der Waals surface area contributed by atoms with Crippen LogP contribution in [0.25, 0.3) is 0 Å². The van der Waals surface area contributed by atoms with Crippen molar-refractivity contribution in [3.8, 4) is 5.75 Å². The van der Waals surface area contributed by atoms with Crippen LogP contribution in [0.5, 0.6) is 5.75 Å². The van der Waals surface area contributed by atoms with Gasteiger partial charge in [0.2, 0.25) is 0 Å². The second-order valence-corrected chi connectivity index (χ2v) is 6.53. The van der Waals surface area contributed by atoms with Crippen molar-refractivity contribution in [2.24, 2.45) is 0 Å². The van der Waals surface area contributed by atoms with E-state index in [1.165, 1.54) is 14.9 Å². The predicted molar refractivity (Wildman–Crippen MR) is 89.6 cm³/mol. The minimum Gasteiger partial charge on any atom is -0.496 e. The van der Waals surface area contributed by atoms with Gasteiger partial charge in [-0.05, 0) is 46.8 Å². The van der Waals surface area contributed by atoms with E-state index in [-0.39, 0.29) is 6.04 Å². The van der Waals surface area contributed by atoms with Crippen LogP contribution in [0.4, 0.5) is 0 Å². The summed E-state index contributed by atoms with van der Waals surface area (Å²) in [6.07, 6.45) is 1.02. The fourth-order valence-electron chi connectivity index (χ4n) is 2.37. The number of hydrogen-bond acceptors (Lipinski definition) is 3. The van der Waals surface area contributed by atoms with Crippen LogP contribution in [0.1, 0.15) is 42.8 Å². The van der Waals surface area contributed by atoms with Crippen LogP contribution in [0.3, 0.4) is 0 Å². The Balaban J connectivity index is 2.19. The largest absolute Gasteiger partial charge is 0.496 e. The van der Waals surface area contributed by atoms with Gasteiger partial charge in [-0.2, -0.15) is 0 Å². The molecule has 0 amide bonds. The third kappa shape index (κ3) is 3.43. The molecule has 2 nitrogen and oxygen atoms in total. The highest BCUT2D eigenvalue weighted by molar-refractivity contribution is 9.10. The van der Waals surface area contributed by atoms with Crippen molar-refractivity contribution < 1.29 is 4.74 Å². The van der Waals surface area contributed by atoms with Gasteiger partial charge in [0.15, 0.2) is 0 Å². The smallest absolute Gasteiger partial charge is 0.123 e. The van der Waals surface area contributed by atoms with E-state index in [2.05, 4.69) is 58.7 Å². The molecule has 1 aromatic heterocycles. The molecule has 0 bridgehead atoms. The van der Waals surface area contributed by atoms with Crippen molar-refractivity contribution in [3.63, 3.8) is 0 Å². The number of hydrogen-bond donors (Lipinski definition) is 1. The van der Waals surface area contributed by atoms with Crippen molar-refractivity contribution in [2.75, 3.05) is 7.11 Å². The SMILES string of the molecule is CCC(NC(C)c1sccc1Br)c1ccccc1OC. The zero-order valence-corrected chi connectivity index (χ0v) is 14.4. The topological polar surface area (TPSA) is 21.3 Å². The molecule has 1 heterocycles. The second kappa shape index (κ2) is 7.25. The molecule has 0 aliphatic rings. The Morgan fingerprint density at radius 2 is 2.05 bits per heavy atom. The summed E-state index contributed by atoms with van der Waals surface area (Å²) < 4.78 is 6.66. The van der Waals surface area contributed by atoms with Crippen molar-refractivity contribution in [2.45, 2.75) is 32.4 Å². The standard InChI is InChI=1S/C16H20BrNOS/c1-4-14(12-7-5-6-8-15(12)19-3)18-11(2)16-13(17)9-10-20-16/h5-11,14,18H,4H2,1-3H3. The molecular weight excluding hydrogens is 334 g/mol. The lowest BCUT2D eigenvalue weighted by molar-refractivity contribution is 0.389. The zero-order valence-electron chi connectivity index (χ0n) is 12.0. The summed E-state index contributed by atoms with van der Waals surface area (Å²) in [6.45, 7) is 4.40. The maximum atomic E-state index is 5.48. The Kier molecular flexibility index (Phi) is 5.64. The van der Waals surface area contributed by atoms with Gasteiger partial charge in [0.05, 0.1) is 7.11 Å². The number of para-hydroxylation sites is 1. The van der Waals surface area contributed by atoms with Crippen molar-refractivity contribution >= 4 is 27.3 Å². The molecule has 0 spiro atoms. The van der Waals surface area contributed by atoms with Gasteiger partial charge in [-0.3, -0.25) is 0 Å². The van der Waals surface area contributed by atoms with Crippen LogP contribution >= 0.6 is 27.3 Å². The Morgan fingerprint density at radius 3 is 2.65 bits per heavy atom. The highest BCUT2D eigenvalue weighted by Gasteiger charge is 2.18. The molecule has 0 fully saturated rings. The Hall–Kier alpha value is -0.840. The molecule has 0 saturated heterocycles. The van der Waals surface area contributed by atoms with E-state index in [0.29, 0.717) is 6.04 Å². The first-order valence-corrected chi connectivity index (χ1v) is 8.46. The summed E-state index contributed by atoms with van der Waals surface area (Å²) in [5, 5.41) is 5.81. The molecule has 0 saturated carbocycles. The number of methoxy groups -OCH3 is 1. The van der Waals surface area contributed by atoms with E-state index in [0.717, 1.165) is 12.2 Å². The average Bonchev–Trinajstić information content (AvgIpc) is 2.90. The minimum absolute atomic E-state index is 0.287. The van der Waals surface area contributed by atoms with Gasteiger partial charge in [0, 0.05) is 27.0 Å². The monoisotopic (exact) mass is 353 g/mol. The summed E-state index contributed by atoms with van der Waals surface area (Å²) in [5.74, 6) is 0.948. The lowest BCUT2D eigenvalue weighted by Gasteiger charge is -2.24. The van der Waals surface area contributed by atoms with Crippen molar-refractivity contribution in [3.05, 3.63) is 50.6 Å². The molecular formula is C16H20BrNOS. The first-order chi connectivity index (χ1) is 9.67. The van der Waals surface area contributed by atoms with Crippen LogP contribution in [-0.2, 0) is 0 Å². The second-order valence-electron chi connectivity index (χ2n) is 4.72. The number of nitrogens with one attached hydrogen (secondary N) is 1. The average molecular weight is 354 g/mol. The van der Waals surface area contributed by atoms with Crippen LogP contribution < -0.4 is 10.1 Å². The van der Waals surface area contributed by atoms with Crippen molar-refractivity contribution in [1.29, 1.82) is 0 Å². The first kappa shape index (κ1) is 15.5. The van der Waals surface area contributed by atoms with E-state index >= 15 is 0 Å². The summed E-state index contributed by atoms with van der Waals surface area (Å²) in [5.41, 5.74) is 1.22. The van der Waals surface area contributed by atoms with Crippen molar-refractivity contribution in [1.82, 2.24) is 5.32 Å². The van der Waals surface area contributed by atoms with Crippen LogP contribution in [0, 0.1) is 0 Å². The van der Waals surface area contributed by atoms with E-state index in [9.17, 15) is 0 Å². The van der Waals surface area contributed by atoms with Gasteiger partial charge in [-0.25, -0.2) is 0 Å². The number of benzene rings is 1. The maximum absolute atomic E-state index is 5.48. The highest BCUT2D eigenvalue weighted by atomic mass is 79.9. The molecule has 2 atom stereocenters. The van der Waals surface area contributed by atoms with Crippen LogP contribution in [0.15, 0.2) is 40.2 Å². The molecule has 2 rings (SSSR count). The normalized spacial score (nSPS) is 14.0. The molecule has 0 aliphatic carbocycles. The maximum Gasteiger partial charge on any atom is 0.123 e. The van der Waals surface area contributed by atoms with E-state index in [4.69, 9.17) is 4.74 Å². The Morgan fingerprint density at radius 1 is 1.30 bits per heavy atom. The lowest BCUT2D eigenvalue weighted by Crippen LogP contribution is -2.24. The molecule has 0 radical (unpaired) electrons. The number of ether oxygens (including phenoxy) is 1. The summed E-state index contributed by atoms with van der Waals surface area (Å²) in [4.78, 5) is 1.33. The minimum atomic E-state index is 0.287. The quantitative estimate of drug-likeness (QED) is 0.758. The molecule has 1 aromatic carbocycles. The number of thiophene rings is 1. The van der Waals surface area contributed by atoms with E-state index in [1.807, 2.05) is 12.1 Å². The zero-order chi connectivity index (χ0) is 14.5. The number of halogens is 1. The van der Waals surface area contributed by atoms with Gasteiger partial charge >= 0.3 is 0 Å². The third-order valence-corrected chi connectivity index (χ3v) is 5.47. The third-order valence-electron chi connectivity index (χ3n) is 3.41. The molecule has 108 valence electrons. The fraction of sp³-hybridized carbons (Fsp3) is 0.375. The van der Waals surface area contributed by atoms with Gasteiger partial charge in [0.1, 0.15) is 5.75 Å². The molecule has 4 heteroatoms. The molecule has 1 N–H and O–H groups in total. The van der Waals surface area contributed by atoms with Gasteiger partial charge in [-0.15, -0.1) is 11.3 Å². The van der Waals surface area contributed by atoms with E-state index < -0.39 is 0 Å². The lowest BCUT2D eigenvalue weighted by atomic mass is 10.0. The molecule has 20 heavy (non-hydrogen) atoms. The summed E-state index contributed by atoms with van der Waals surface area (Å²) >= 11 is 5.38. The van der Waals surface area contributed by atoms with Crippen LogP contribution in [0.2, 0.25) is 0 Å². The van der Waals surface area contributed by atoms with Gasteiger partial charge in [0.25, 0.3) is 0 Å². The molecule has 0 aliphatic heterocycles. The molecule has 2 aromatic rings. The predicted octanol–water partition coefficient (Wildman–Crippen LogP) is 5.32. The Labute approximate surface area is 133 Å². The molecule has 2 unspecified atom stereocenters. The van der Waals surface area contributed by atoms with Gasteiger partial charge < -0.3 is 10.1 Å². The van der Waals surface area contributed by atoms with Crippen LogP contribution in [-0.4, -0.2) is 7.11 Å². The number of rotatable bonds is 6. The Bertz CT molecular complexity index is 555. The summed E-state index contributed by atoms with van der Waals surface area (Å²) in [6, 6.07) is 10.9. The first-order valence-electron chi connectivity index (χ1n) is 6.79. The van der Waals surface area contributed by atoms with Gasteiger partial charge in [-0.1, -0.05) is 25.1 Å². The summed E-state index contributed by atoms with van der Waals surface area (Å²) in [7, 11) is 1.73.